The molecule has 3 unspecified atom stereocenters. The number of fused-ring (bicyclic) bond motifs is 1. The van der Waals surface area contributed by atoms with Crippen LogP contribution in [0.25, 0.3) is 40.1 Å². The van der Waals surface area contributed by atoms with E-state index < -0.39 is 0 Å². The Kier molecular flexibility index (Phi) is 45.1. The van der Waals surface area contributed by atoms with E-state index in [1.54, 1.807) is 48.1 Å². The maximum atomic E-state index is 4.74. The van der Waals surface area contributed by atoms with E-state index in [1.165, 1.54) is 153 Å². The Bertz CT molecular complexity index is 4320. The quantitative estimate of drug-likeness (QED) is 0.0656. The van der Waals surface area contributed by atoms with E-state index in [2.05, 4.69) is 159 Å². The van der Waals surface area contributed by atoms with Gasteiger partial charge in [-0.25, -0.2) is 9.67 Å². The van der Waals surface area contributed by atoms with Crippen LogP contribution in [-0.2, 0) is 105 Å². The van der Waals surface area contributed by atoms with Gasteiger partial charge in [-0.1, -0.05) is 245 Å². The average Bonchev–Trinajstić information content (AvgIpc) is 1.63. The van der Waals surface area contributed by atoms with Crippen molar-refractivity contribution in [3.05, 3.63) is 207 Å². The largest absolute Gasteiger partial charge is 0.451 e. The van der Waals surface area contributed by atoms with Gasteiger partial charge in [0.25, 0.3) is 0 Å². The molecule has 10 heterocycles. The number of pyridine rings is 3. The van der Waals surface area contributed by atoms with Gasteiger partial charge in [-0.05, 0) is 151 Å². The zero-order chi connectivity index (χ0) is 70.3. The zero-order valence-electron chi connectivity index (χ0n) is 62.9. The number of aryl methyl sites for hydroxylation is 1. The molecule has 1 aromatic carbocycles. The van der Waals surface area contributed by atoms with Crippen molar-refractivity contribution in [2.75, 3.05) is 0 Å². The molecule has 16 rings (SSSR count). The third-order valence-corrected chi connectivity index (χ3v) is 23.9. The van der Waals surface area contributed by atoms with Gasteiger partial charge >= 0.3 is 0 Å². The van der Waals surface area contributed by atoms with Crippen LogP contribution < -0.4 is 0 Å². The first-order valence-electron chi connectivity index (χ1n) is 37.5. The van der Waals surface area contributed by atoms with Gasteiger partial charge in [-0.15, -0.1) is 6.07 Å². The molecule has 5 fully saturated rings. The molecule has 5 aliphatic rings. The van der Waals surface area contributed by atoms with E-state index in [-0.39, 0.29) is 138 Å². The van der Waals surface area contributed by atoms with Crippen LogP contribution in [-0.4, -0.2) is 87.9 Å². The number of para-hydroxylation sites is 1. The maximum Gasteiger partial charge on any atom is 0.138 e. The number of hydrogen-bond donors (Lipinski definition) is 0. The number of nitrogens with zero attached hydrogens (tertiary/aromatic N) is 18. The summed E-state index contributed by atoms with van der Waals surface area (Å²) in [7, 11) is 0. The molecule has 10 aromatic heterocycles. The van der Waals surface area contributed by atoms with Crippen LogP contribution in [0, 0.1) is 59.7 Å². The van der Waals surface area contributed by atoms with E-state index in [0.29, 0.717) is 50.6 Å². The minimum absolute atomic E-state index is 0. The molecule has 112 heavy (non-hydrogen) atoms. The summed E-state index contributed by atoms with van der Waals surface area (Å²) in [5.41, 5.74) is 8.01. The fourth-order valence-electron chi connectivity index (χ4n) is 16.9. The summed E-state index contributed by atoms with van der Waals surface area (Å²) in [5, 5.41) is 4.38. The smallest absolute Gasteiger partial charge is 0.138 e. The standard InChI is InChI=1S/C19H22N5.C17H22N3.2C16H20N3.C15H19N4.6CH4.Co.3Ir.Ni/c1-3-14(19(2)8-4-5-9-19)16-11-22-17(12-21-16)24-13-23-15-7-6-10-20-18(15)24;1-2-17(9-5-3-6-10-17)14-16-19-12-13-20(16)15-8-4-7-11-18-15;1-13(16(2)10-6-7-11-16)15-17-12-18-19(15)14-8-4-3-5-9-14;1-13-17-10-11-19(13)15-12-14(6-9-18-15)16(2)7-4-3-5-8-16;1-12(15(2)5-3-4-6-15)13-10-19(11-18-13)14-9-16-7-8-17-14;;;;;;;;;;;/h6-7,10-12,14H,3-5,8-9H2,1-2H3;4,7-8,11-12H,2-3,5-6,9-10,14H2,1H3;3-5,8,12-13H,6-7,10-11H2,1-2H3;6,9-10,12H,3-5,7-8H2,1-2H3;7-10,12H,3-6H2,1-2H3;6*1H4;;;;;/q5*-1;;;;;;;;;;;. The fourth-order valence-corrected chi connectivity index (χ4v) is 16.9. The van der Waals surface area contributed by atoms with Crippen LogP contribution in [0.3, 0.4) is 0 Å². The van der Waals surface area contributed by atoms with Crippen molar-refractivity contribution in [3.8, 4) is 29.0 Å². The molecule has 624 valence electrons. The summed E-state index contributed by atoms with van der Waals surface area (Å²) in [6.07, 6.45) is 66.3. The van der Waals surface area contributed by atoms with Crippen LogP contribution in [0.1, 0.15) is 306 Å². The van der Waals surface area contributed by atoms with E-state index in [1.807, 2.05) is 111 Å². The Labute approximate surface area is 734 Å². The topological polar surface area (TPSA) is 192 Å². The minimum Gasteiger partial charge on any atom is -0.451 e. The molecule has 0 spiro atoms. The van der Waals surface area contributed by atoms with Crippen LogP contribution in [0.5, 0.6) is 0 Å². The Morgan fingerprint density at radius 3 is 1.70 bits per heavy atom. The van der Waals surface area contributed by atoms with Gasteiger partial charge in [0.05, 0.1) is 17.3 Å². The molecule has 0 bridgehead atoms. The normalized spacial score (nSPS) is 16.8. The van der Waals surface area contributed by atoms with Gasteiger partial charge in [0.15, 0.2) is 0 Å². The summed E-state index contributed by atoms with van der Waals surface area (Å²) in [6, 6.07) is 25.3. The summed E-state index contributed by atoms with van der Waals surface area (Å²) >= 11 is 0. The molecule has 4 radical (unpaired) electrons. The molecule has 5 saturated carbocycles. The Morgan fingerprint density at radius 2 is 1.11 bits per heavy atom. The van der Waals surface area contributed by atoms with E-state index in [9.17, 15) is 0 Å². The van der Waals surface area contributed by atoms with Crippen LogP contribution in [0.15, 0.2) is 141 Å². The second kappa shape index (κ2) is 48.5. The van der Waals surface area contributed by atoms with Crippen LogP contribution >= 0.6 is 0 Å². The summed E-state index contributed by atoms with van der Waals surface area (Å²) < 4.78 is 9.48. The first-order valence-corrected chi connectivity index (χ1v) is 37.5. The third kappa shape index (κ3) is 25.0. The first kappa shape index (κ1) is 104. The monoisotopic (exact) mass is 2140 g/mol. The molecule has 23 heteroatoms. The molecular weight excluding hydrogens is 2020 g/mol. The van der Waals surface area contributed by atoms with Gasteiger partial charge in [-0.3, -0.25) is 24.9 Å². The van der Waals surface area contributed by atoms with Crippen molar-refractivity contribution in [2.24, 2.45) is 21.7 Å². The van der Waals surface area contributed by atoms with E-state index in [0.717, 1.165) is 76.0 Å². The molecule has 18 nitrogen and oxygen atoms in total. The molecular formula is C89H127CoIr3N18Ni-5. The summed E-state index contributed by atoms with van der Waals surface area (Å²) in [5.74, 6) is 7.79. The number of hydrogen-bond acceptors (Lipinski definition) is 13. The Balaban J connectivity index is 0.000000685. The fraction of sp³-hybridized carbons (Fsp3) is 0.539. The van der Waals surface area contributed by atoms with Crippen LogP contribution in [0.2, 0.25) is 0 Å². The van der Waals surface area contributed by atoms with Crippen molar-refractivity contribution in [1.29, 1.82) is 0 Å². The zero-order valence-corrected chi connectivity index (χ0v) is 72.1. The number of aromatic nitrogens is 18. The Morgan fingerprint density at radius 1 is 0.500 bits per heavy atom. The summed E-state index contributed by atoms with van der Waals surface area (Å²) in [6.45, 7) is 20.7. The van der Waals surface area contributed by atoms with E-state index in [4.69, 9.17) is 4.98 Å². The van der Waals surface area contributed by atoms with Crippen molar-refractivity contribution in [1.82, 2.24) is 87.9 Å². The average molecular weight is 2140 g/mol. The van der Waals surface area contributed by atoms with E-state index >= 15 is 0 Å². The molecule has 0 saturated heterocycles. The SMILES string of the molecule is C.C.C.C.C.C.CC(c1cn(-c2cnccn2)[c-]n1)C1(C)CCCC1.CC(c1ncnn1-c1[c-]cccc1)C1(C)CCCC1.CCC(c1cnc(-n2[c-]nc3cccnc32)cn1)C1(C)CCCC1.CCC1(Cc2nc[c-]n2-c2ccccn2)CCCCC1.Cc1nc[c-]n1-c1cc(C2(C)CCCCC2)ccn1.[Co].[Ir].[Ir].[Ir].[Ni]. The molecule has 0 N–H and O–H groups in total. The van der Waals surface area contributed by atoms with Crippen molar-refractivity contribution in [2.45, 2.75) is 291 Å². The number of benzene rings is 1. The third-order valence-electron chi connectivity index (χ3n) is 23.9. The van der Waals surface area contributed by atoms with Crippen molar-refractivity contribution >= 4 is 11.2 Å². The van der Waals surface area contributed by atoms with Crippen molar-refractivity contribution < 1.29 is 93.6 Å². The van der Waals surface area contributed by atoms with Gasteiger partial charge in [-0.2, -0.15) is 29.4 Å². The predicted molar refractivity (Wildman–Crippen MR) is 437 cm³/mol. The predicted octanol–water partition coefficient (Wildman–Crippen LogP) is 22.4. The number of imidazole rings is 4. The number of rotatable bonds is 16. The molecule has 11 aromatic rings. The summed E-state index contributed by atoms with van der Waals surface area (Å²) in [4.78, 5) is 52.9. The first-order chi connectivity index (χ1) is 49.1. The molecule has 5 aliphatic carbocycles. The second-order valence-corrected chi connectivity index (χ2v) is 30.4. The second-order valence-electron chi connectivity index (χ2n) is 30.4. The Hall–Kier alpha value is -5.98. The van der Waals surface area contributed by atoms with Gasteiger partial charge in [0.2, 0.25) is 0 Å². The van der Waals surface area contributed by atoms with Gasteiger partial charge in [0, 0.05) is 197 Å². The maximum absolute atomic E-state index is 4.74. The molecule has 0 aliphatic heterocycles. The van der Waals surface area contributed by atoms with Gasteiger partial charge < -0.3 is 48.2 Å². The van der Waals surface area contributed by atoms with Crippen LogP contribution in [0.4, 0.5) is 0 Å². The molecule has 0 amide bonds. The van der Waals surface area contributed by atoms with Gasteiger partial charge in [0.1, 0.15) is 12.2 Å². The molecule has 3 atom stereocenters. The van der Waals surface area contributed by atoms with Crippen molar-refractivity contribution in [3.63, 3.8) is 0 Å². The minimum atomic E-state index is 0.